The lowest BCUT2D eigenvalue weighted by molar-refractivity contribution is 0.133. The van der Waals surface area contributed by atoms with Crippen LogP contribution in [0.1, 0.15) is 11.3 Å². The number of hydrogen-bond acceptors (Lipinski definition) is 6. The lowest BCUT2D eigenvalue weighted by atomic mass is 10.2. The van der Waals surface area contributed by atoms with Crippen LogP contribution in [0, 0.1) is 11.6 Å². The normalized spacial score (nSPS) is 13.1. The van der Waals surface area contributed by atoms with Crippen LogP contribution in [-0.2, 0) is 13.1 Å². The van der Waals surface area contributed by atoms with E-state index in [1.807, 2.05) is 0 Å². The van der Waals surface area contributed by atoms with E-state index in [1.54, 1.807) is 0 Å². The molecule has 0 unspecified atom stereocenters. The summed E-state index contributed by atoms with van der Waals surface area (Å²) in [6.45, 7) is 0.0250. The van der Waals surface area contributed by atoms with E-state index in [4.69, 9.17) is 21.1 Å². The van der Waals surface area contributed by atoms with Crippen molar-refractivity contribution in [3.63, 3.8) is 0 Å². The maximum Gasteiger partial charge on any atom is 0.415 e. The molecule has 1 amide bonds. The van der Waals surface area contributed by atoms with Gasteiger partial charge in [0, 0.05) is 24.0 Å². The Kier molecular flexibility index (Phi) is 4.74. The van der Waals surface area contributed by atoms with Crippen LogP contribution in [0.4, 0.5) is 13.6 Å². The van der Waals surface area contributed by atoms with Gasteiger partial charge < -0.3 is 9.47 Å². The molecule has 0 bridgehead atoms. The second-order valence-electron chi connectivity index (χ2n) is 5.81. The molecule has 0 aromatic carbocycles. The molecule has 0 spiro atoms. The maximum absolute atomic E-state index is 14.0. The number of rotatable bonds is 4. The fourth-order valence-electron chi connectivity index (χ4n) is 2.58. The number of carbonyl (C=O) groups excluding carboxylic acids is 1. The topological polar surface area (TPSA) is 77.4 Å². The van der Waals surface area contributed by atoms with Gasteiger partial charge in [-0.25, -0.2) is 23.5 Å². The number of fused-ring (bicyclic) bond motifs is 1. The molecular weight excluding hydrogens is 394 g/mol. The lowest BCUT2D eigenvalue weighted by Gasteiger charge is -2.27. The van der Waals surface area contributed by atoms with Gasteiger partial charge in [-0.05, 0) is 18.2 Å². The summed E-state index contributed by atoms with van der Waals surface area (Å²) in [5, 5.41) is -0.273. The van der Waals surface area contributed by atoms with Crippen molar-refractivity contribution in [1.29, 1.82) is 0 Å². The summed E-state index contributed by atoms with van der Waals surface area (Å²) in [6.07, 6.45) is 3.39. The Labute approximate surface area is 162 Å². The zero-order valence-electron chi connectivity index (χ0n) is 14.1. The van der Waals surface area contributed by atoms with Gasteiger partial charge in [0.25, 0.3) is 5.88 Å². The van der Waals surface area contributed by atoms with E-state index in [0.29, 0.717) is 5.69 Å². The molecule has 10 heteroatoms. The summed E-state index contributed by atoms with van der Waals surface area (Å²) >= 11 is 5.67. The zero-order valence-corrected chi connectivity index (χ0v) is 14.9. The average Bonchev–Trinajstić information content (AvgIpc) is 2.68. The summed E-state index contributed by atoms with van der Waals surface area (Å²) in [4.78, 5) is 25.1. The highest BCUT2D eigenvalue weighted by Crippen LogP contribution is 2.31. The molecule has 0 N–H and O–H groups in total. The predicted octanol–water partition coefficient (Wildman–Crippen LogP) is 4.11. The van der Waals surface area contributed by atoms with Crippen molar-refractivity contribution in [1.82, 2.24) is 19.9 Å². The molecule has 0 atom stereocenters. The summed E-state index contributed by atoms with van der Waals surface area (Å²) in [5.41, 5.74) is 0.639. The molecule has 1 aliphatic heterocycles. The maximum atomic E-state index is 14.0. The molecule has 4 rings (SSSR count). The molecule has 0 saturated heterocycles. The number of hydrogen-bond donors (Lipinski definition) is 0. The first-order valence-electron chi connectivity index (χ1n) is 8.04. The van der Waals surface area contributed by atoms with Gasteiger partial charge in [0.05, 0.1) is 19.3 Å². The van der Waals surface area contributed by atoms with E-state index in [2.05, 4.69) is 15.0 Å². The number of carbonyl (C=O) groups is 1. The van der Waals surface area contributed by atoms with Gasteiger partial charge in [-0.15, -0.1) is 0 Å². The van der Waals surface area contributed by atoms with Crippen molar-refractivity contribution in [2.75, 3.05) is 0 Å². The van der Waals surface area contributed by atoms with Gasteiger partial charge in [-0.1, -0.05) is 11.6 Å². The lowest BCUT2D eigenvalue weighted by Crippen LogP contribution is -2.37. The molecule has 0 radical (unpaired) electrons. The Morgan fingerprint density at radius 2 is 2.07 bits per heavy atom. The molecule has 0 aliphatic carbocycles. The third kappa shape index (κ3) is 3.56. The minimum atomic E-state index is -0.697. The SMILES string of the molecule is O=C1Oc2cc(Oc3ncccc3F)cnc2CN1Cc1ccnc(Cl)c1F. The summed E-state index contributed by atoms with van der Waals surface area (Å²) in [5.74, 6) is -1.23. The van der Waals surface area contributed by atoms with Crippen LogP contribution in [0.5, 0.6) is 17.4 Å². The molecule has 0 fully saturated rings. The Morgan fingerprint density at radius 3 is 2.89 bits per heavy atom. The quantitative estimate of drug-likeness (QED) is 0.609. The first-order chi connectivity index (χ1) is 13.5. The fourth-order valence-corrected chi connectivity index (χ4v) is 2.76. The Bertz CT molecular complexity index is 1070. The molecule has 4 heterocycles. The van der Waals surface area contributed by atoms with Gasteiger partial charge in [0.2, 0.25) is 0 Å². The van der Waals surface area contributed by atoms with Crippen molar-refractivity contribution in [3.05, 3.63) is 70.9 Å². The highest BCUT2D eigenvalue weighted by molar-refractivity contribution is 6.29. The highest BCUT2D eigenvalue weighted by Gasteiger charge is 2.28. The van der Waals surface area contributed by atoms with Gasteiger partial charge in [-0.2, -0.15) is 0 Å². The largest absolute Gasteiger partial charge is 0.435 e. The standard InChI is InChI=1S/C18H11ClF2N4O3/c19-16-15(21)10(3-5-22-16)8-25-9-13-14(28-18(25)26)6-11(7-24-13)27-17-12(20)2-1-4-23-17/h1-7H,8-9H2. The molecule has 1 aliphatic rings. The van der Waals surface area contributed by atoms with Crippen LogP contribution in [0.15, 0.2) is 42.9 Å². The molecular formula is C18H11ClF2N4O3. The minimum absolute atomic E-state index is 0.0641. The number of amides is 1. The van der Waals surface area contributed by atoms with Crippen molar-refractivity contribution in [2.45, 2.75) is 13.1 Å². The van der Waals surface area contributed by atoms with Gasteiger partial charge in [0.15, 0.2) is 28.3 Å². The number of aromatic nitrogens is 3. The summed E-state index contributed by atoms with van der Waals surface area (Å²) in [6, 6.07) is 5.48. The molecule has 3 aromatic heterocycles. The molecule has 0 saturated carbocycles. The third-order valence-corrected chi connectivity index (χ3v) is 4.19. The predicted molar refractivity (Wildman–Crippen MR) is 93.0 cm³/mol. The second kappa shape index (κ2) is 7.35. The Hall–Kier alpha value is -3.33. The summed E-state index contributed by atoms with van der Waals surface area (Å²) in [7, 11) is 0. The van der Waals surface area contributed by atoms with E-state index in [0.717, 1.165) is 0 Å². The van der Waals surface area contributed by atoms with E-state index in [1.165, 1.54) is 47.8 Å². The molecule has 7 nitrogen and oxygen atoms in total. The minimum Gasteiger partial charge on any atom is -0.435 e. The van der Waals surface area contributed by atoms with Gasteiger partial charge >= 0.3 is 6.09 Å². The monoisotopic (exact) mass is 404 g/mol. The first-order valence-corrected chi connectivity index (χ1v) is 8.42. The van der Waals surface area contributed by atoms with Crippen LogP contribution < -0.4 is 9.47 Å². The van der Waals surface area contributed by atoms with Crippen LogP contribution in [0.2, 0.25) is 5.15 Å². The number of ether oxygens (including phenoxy) is 2. The molecule has 28 heavy (non-hydrogen) atoms. The van der Waals surface area contributed by atoms with E-state index >= 15 is 0 Å². The van der Waals surface area contributed by atoms with Crippen molar-refractivity contribution in [3.8, 4) is 17.4 Å². The number of pyridine rings is 3. The zero-order chi connectivity index (χ0) is 19.7. The second-order valence-corrected chi connectivity index (χ2v) is 6.17. The van der Waals surface area contributed by atoms with Gasteiger partial charge in [-0.3, -0.25) is 9.88 Å². The first kappa shape index (κ1) is 18.1. The number of nitrogens with zero attached hydrogens (tertiary/aromatic N) is 4. The van der Waals surface area contributed by atoms with Crippen molar-refractivity contribution < 1.29 is 23.0 Å². The van der Waals surface area contributed by atoms with Crippen molar-refractivity contribution in [2.24, 2.45) is 0 Å². The van der Waals surface area contributed by atoms with E-state index in [-0.39, 0.29) is 41.2 Å². The van der Waals surface area contributed by atoms with E-state index < -0.39 is 17.7 Å². The van der Waals surface area contributed by atoms with Crippen LogP contribution in [-0.4, -0.2) is 25.9 Å². The van der Waals surface area contributed by atoms with Crippen LogP contribution in [0.3, 0.4) is 0 Å². The summed E-state index contributed by atoms with van der Waals surface area (Å²) < 4.78 is 38.3. The number of halogens is 3. The highest BCUT2D eigenvalue weighted by atomic mass is 35.5. The van der Waals surface area contributed by atoms with Crippen LogP contribution >= 0.6 is 11.6 Å². The van der Waals surface area contributed by atoms with Gasteiger partial charge in [0.1, 0.15) is 5.69 Å². The third-order valence-electron chi connectivity index (χ3n) is 3.93. The average molecular weight is 405 g/mol. The molecule has 3 aromatic rings. The molecule has 142 valence electrons. The smallest absolute Gasteiger partial charge is 0.415 e. The van der Waals surface area contributed by atoms with Crippen molar-refractivity contribution >= 4 is 17.7 Å². The fraction of sp³-hybridized carbons (Fsp3) is 0.111. The van der Waals surface area contributed by atoms with Crippen LogP contribution in [0.25, 0.3) is 0 Å². The Morgan fingerprint density at radius 1 is 1.21 bits per heavy atom. The van der Waals surface area contributed by atoms with E-state index in [9.17, 15) is 13.6 Å². The Balaban J connectivity index is 1.53.